The van der Waals surface area contributed by atoms with Crippen LogP contribution in [-0.4, -0.2) is 35.7 Å². The van der Waals surface area contributed by atoms with E-state index < -0.39 is 36.6 Å². The Kier molecular flexibility index (Phi) is 5.57. The number of hydrogen-bond donors (Lipinski definition) is 2. The SMILES string of the molecule is CCS(=O)(=O)NCCNS(=O)(=O)c1cc(F)cc(F)c1. The molecule has 6 nitrogen and oxygen atoms in total. The first-order valence-electron chi connectivity index (χ1n) is 5.59. The van der Waals surface area contributed by atoms with Crippen molar-refractivity contribution in [3.05, 3.63) is 29.8 Å². The minimum atomic E-state index is -4.09. The van der Waals surface area contributed by atoms with E-state index in [2.05, 4.69) is 4.72 Å². The molecule has 1 aromatic carbocycles. The summed E-state index contributed by atoms with van der Waals surface area (Å²) in [5.41, 5.74) is 0. The Morgan fingerprint density at radius 2 is 1.45 bits per heavy atom. The molecule has 0 spiro atoms. The van der Waals surface area contributed by atoms with Crippen LogP contribution in [0.15, 0.2) is 23.1 Å². The van der Waals surface area contributed by atoms with Gasteiger partial charge in [-0.15, -0.1) is 0 Å². The molecule has 1 rings (SSSR count). The molecule has 10 heteroatoms. The molecule has 0 saturated carbocycles. The van der Waals surface area contributed by atoms with E-state index in [1.807, 2.05) is 4.72 Å². The van der Waals surface area contributed by atoms with Gasteiger partial charge in [-0.1, -0.05) is 0 Å². The molecule has 0 amide bonds. The third-order valence-corrected chi connectivity index (χ3v) is 5.11. The highest BCUT2D eigenvalue weighted by Crippen LogP contribution is 2.13. The predicted molar refractivity (Wildman–Crippen MR) is 69.0 cm³/mol. The lowest BCUT2D eigenvalue weighted by atomic mass is 10.3. The molecule has 0 radical (unpaired) electrons. The van der Waals surface area contributed by atoms with Crippen molar-refractivity contribution in [2.75, 3.05) is 18.8 Å². The molecule has 0 unspecified atom stereocenters. The molecule has 114 valence electrons. The van der Waals surface area contributed by atoms with Gasteiger partial charge in [0.15, 0.2) is 0 Å². The van der Waals surface area contributed by atoms with E-state index in [1.54, 1.807) is 0 Å². The summed E-state index contributed by atoms with van der Waals surface area (Å²) in [4.78, 5) is -0.562. The van der Waals surface area contributed by atoms with Crippen LogP contribution in [0.25, 0.3) is 0 Å². The Morgan fingerprint density at radius 3 is 1.95 bits per heavy atom. The number of halogens is 2. The highest BCUT2D eigenvalue weighted by Gasteiger charge is 2.16. The van der Waals surface area contributed by atoms with Crippen LogP contribution in [0.3, 0.4) is 0 Å². The molecule has 0 bridgehead atoms. The van der Waals surface area contributed by atoms with Gasteiger partial charge in [0, 0.05) is 19.2 Å². The summed E-state index contributed by atoms with van der Waals surface area (Å²) >= 11 is 0. The van der Waals surface area contributed by atoms with Crippen molar-refractivity contribution in [1.29, 1.82) is 0 Å². The van der Waals surface area contributed by atoms with E-state index >= 15 is 0 Å². The first-order chi connectivity index (χ1) is 9.16. The highest BCUT2D eigenvalue weighted by molar-refractivity contribution is 7.89. The van der Waals surface area contributed by atoms with Gasteiger partial charge in [-0.2, -0.15) is 0 Å². The maximum absolute atomic E-state index is 12.9. The highest BCUT2D eigenvalue weighted by atomic mass is 32.2. The smallest absolute Gasteiger partial charge is 0.214 e. The van der Waals surface area contributed by atoms with Crippen LogP contribution in [0.2, 0.25) is 0 Å². The van der Waals surface area contributed by atoms with Gasteiger partial charge in [-0.25, -0.2) is 35.1 Å². The van der Waals surface area contributed by atoms with Crippen molar-refractivity contribution in [3.8, 4) is 0 Å². The number of hydrogen-bond acceptors (Lipinski definition) is 4. The van der Waals surface area contributed by atoms with Crippen molar-refractivity contribution < 1.29 is 25.6 Å². The maximum Gasteiger partial charge on any atom is 0.240 e. The van der Waals surface area contributed by atoms with Gasteiger partial charge in [0.05, 0.1) is 10.6 Å². The lowest BCUT2D eigenvalue weighted by Crippen LogP contribution is -2.35. The summed E-state index contributed by atoms with van der Waals surface area (Å²) in [5.74, 6) is -2.16. The average molecular weight is 328 g/mol. The molecule has 0 saturated heterocycles. The molecule has 0 aliphatic carbocycles. The molecule has 0 aromatic heterocycles. The average Bonchev–Trinajstić information content (AvgIpc) is 2.34. The van der Waals surface area contributed by atoms with E-state index in [9.17, 15) is 25.6 Å². The Labute approximate surface area is 116 Å². The Bertz CT molecular complexity index is 654. The molecule has 0 heterocycles. The van der Waals surface area contributed by atoms with Crippen LogP contribution in [0.1, 0.15) is 6.92 Å². The van der Waals surface area contributed by atoms with Crippen LogP contribution >= 0.6 is 0 Å². The molecular formula is C10H14F2N2O4S2. The molecule has 0 atom stereocenters. The zero-order chi connectivity index (χ0) is 15.4. The summed E-state index contributed by atoms with van der Waals surface area (Å²) in [7, 11) is -7.51. The van der Waals surface area contributed by atoms with Gasteiger partial charge in [-0.3, -0.25) is 0 Å². The van der Waals surface area contributed by atoms with Crippen LogP contribution in [0, 0.1) is 11.6 Å². The molecule has 0 aliphatic heterocycles. The Hall–Kier alpha value is -1.10. The lowest BCUT2D eigenvalue weighted by Gasteiger charge is -2.08. The molecule has 0 aliphatic rings. The summed E-state index contributed by atoms with van der Waals surface area (Å²) in [6.45, 7) is 1.04. The van der Waals surface area contributed by atoms with E-state index in [0.717, 1.165) is 0 Å². The second kappa shape index (κ2) is 6.57. The van der Waals surface area contributed by atoms with Crippen molar-refractivity contribution in [1.82, 2.24) is 9.44 Å². The Balaban J connectivity index is 2.67. The van der Waals surface area contributed by atoms with Gasteiger partial charge in [0.2, 0.25) is 20.0 Å². The summed E-state index contributed by atoms with van der Waals surface area (Å²) in [6.07, 6.45) is 0. The van der Waals surface area contributed by atoms with Crippen molar-refractivity contribution in [2.45, 2.75) is 11.8 Å². The van der Waals surface area contributed by atoms with Crippen LogP contribution < -0.4 is 9.44 Å². The fourth-order valence-corrected chi connectivity index (χ4v) is 2.95. The number of nitrogens with one attached hydrogen (secondary N) is 2. The molecular weight excluding hydrogens is 314 g/mol. The van der Waals surface area contributed by atoms with Crippen molar-refractivity contribution in [3.63, 3.8) is 0 Å². The topological polar surface area (TPSA) is 92.3 Å². The van der Waals surface area contributed by atoms with E-state index in [1.165, 1.54) is 6.92 Å². The van der Waals surface area contributed by atoms with E-state index in [0.29, 0.717) is 18.2 Å². The van der Waals surface area contributed by atoms with Crippen LogP contribution in [-0.2, 0) is 20.0 Å². The zero-order valence-corrected chi connectivity index (χ0v) is 12.2. The fraction of sp³-hybridized carbons (Fsp3) is 0.400. The third kappa shape index (κ3) is 5.12. The van der Waals surface area contributed by atoms with E-state index in [-0.39, 0.29) is 18.8 Å². The molecule has 1 aromatic rings. The Morgan fingerprint density at radius 1 is 0.950 bits per heavy atom. The third-order valence-electron chi connectivity index (χ3n) is 2.27. The first kappa shape index (κ1) is 17.0. The largest absolute Gasteiger partial charge is 0.240 e. The second-order valence-electron chi connectivity index (χ2n) is 3.80. The van der Waals surface area contributed by atoms with E-state index in [4.69, 9.17) is 0 Å². The van der Waals surface area contributed by atoms with Gasteiger partial charge in [0.1, 0.15) is 11.6 Å². The first-order valence-corrected chi connectivity index (χ1v) is 8.73. The normalized spacial score (nSPS) is 12.6. The lowest BCUT2D eigenvalue weighted by molar-refractivity contribution is 0.559. The standard InChI is InChI=1S/C10H14F2N2O4S2/c1-2-19(15,16)13-3-4-14-20(17,18)10-6-8(11)5-9(12)7-10/h5-7,13-14H,2-4H2,1H3. The maximum atomic E-state index is 12.9. The zero-order valence-electron chi connectivity index (χ0n) is 10.6. The fourth-order valence-electron chi connectivity index (χ4n) is 1.26. The van der Waals surface area contributed by atoms with Gasteiger partial charge in [-0.05, 0) is 19.1 Å². The van der Waals surface area contributed by atoms with Gasteiger partial charge < -0.3 is 0 Å². The summed E-state index contributed by atoms with van der Waals surface area (Å²) in [6, 6.07) is 1.89. The number of rotatable bonds is 7. The predicted octanol–water partition coefficient (Wildman–Crippen LogP) is 0.182. The quantitative estimate of drug-likeness (QED) is 0.699. The van der Waals surface area contributed by atoms with Crippen molar-refractivity contribution in [2.24, 2.45) is 0 Å². The summed E-state index contributed by atoms with van der Waals surface area (Å²) in [5, 5.41) is 0. The monoisotopic (exact) mass is 328 g/mol. The number of sulfonamides is 2. The van der Waals surface area contributed by atoms with Crippen LogP contribution in [0.4, 0.5) is 8.78 Å². The summed E-state index contributed by atoms with van der Waals surface area (Å²) < 4.78 is 75.6. The molecule has 0 fully saturated rings. The molecule has 2 N–H and O–H groups in total. The number of benzene rings is 1. The second-order valence-corrected chi connectivity index (χ2v) is 7.66. The minimum absolute atomic E-state index is 0.130. The molecule has 20 heavy (non-hydrogen) atoms. The van der Waals surface area contributed by atoms with Gasteiger partial charge in [0.25, 0.3) is 0 Å². The van der Waals surface area contributed by atoms with Gasteiger partial charge >= 0.3 is 0 Å². The van der Waals surface area contributed by atoms with Crippen LogP contribution in [0.5, 0.6) is 0 Å². The van der Waals surface area contributed by atoms with Crippen molar-refractivity contribution >= 4 is 20.0 Å². The minimum Gasteiger partial charge on any atom is -0.214 e.